The van der Waals surface area contributed by atoms with Crippen LogP contribution in [0.1, 0.15) is 40.8 Å². The number of piperidine rings is 1. The quantitative estimate of drug-likeness (QED) is 0.293. The largest absolute Gasteiger partial charge is 0.327 e. The number of carbonyl (C=O) groups is 3. The van der Waals surface area contributed by atoms with Gasteiger partial charge in [-0.2, -0.15) is 0 Å². The lowest BCUT2D eigenvalue weighted by Crippen LogP contribution is -2.45. The van der Waals surface area contributed by atoms with Crippen LogP contribution in [0.3, 0.4) is 0 Å². The SMILES string of the molecule is Cc1cc(C(=O)Nc2cccc3c(=O)n(C4CCC(=O)NC4=O)c(C)nc23)nc2[nH]c(=O)[nH]c(=O)c12. The molecule has 4 heterocycles. The lowest BCUT2D eigenvalue weighted by Gasteiger charge is -2.24. The van der Waals surface area contributed by atoms with E-state index in [0.29, 0.717) is 5.56 Å². The van der Waals surface area contributed by atoms with Gasteiger partial charge in [-0.05, 0) is 44.0 Å². The lowest BCUT2D eigenvalue weighted by atomic mass is 10.1. The van der Waals surface area contributed by atoms with Crippen LogP contribution in [0, 0.1) is 13.8 Å². The van der Waals surface area contributed by atoms with E-state index < -0.39 is 40.6 Å². The molecule has 182 valence electrons. The summed E-state index contributed by atoms with van der Waals surface area (Å²) in [5.41, 5.74) is -1.09. The Morgan fingerprint density at radius 2 is 1.86 bits per heavy atom. The second kappa shape index (κ2) is 8.37. The van der Waals surface area contributed by atoms with E-state index >= 15 is 0 Å². The summed E-state index contributed by atoms with van der Waals surface area (Å²) >= 11 is 0. The molecule has 4 aromatic rings. The van der Waals surface area contributed by atoms with Crippen molar-refractivity contribution in [1.29, 1.82) is 0 Å². The third kappa shape index (κ3) is 3.76. The second-order valence-electron chi connectivity index (χ2n) is 8.41. The Morgan fingerprint density at radius 3 is 2.61 bits per heavy atom. The van der Waals surface area contributed by atoms with Gasteiger partial charge in [-0.25, -0.2) is 14.8 Å². The summed E-state index contributed by atoms with van der Waals surface area (Å²) in [5.74, 6) is -1.38. The second-order valence-corrected chi connectivity index (χ2v) is 8.41. The molecule has 0 saturated carbocycles. The number of anilines is 1. The number of carbonyl (C=O) groups excluding carboxylic acids is 3. The molecule has 1 aromatic carbocycles. The minimum atomic E-state index is -0.875. The molecule has 3 aromatic heterocycles. The predicted octanol–water partition coefficient (Wildman–Crippen LogP) is 0.168. The Labute approximate surface area is 200 Å². The predicted molar refractivity (Wildman–Crippen MR) is 128 cm³/mol. The van der Waals surface area contributed by atoms with Gasteiger partial charge in [0.05, 0.1) is 16.5 Å². The number of hydrogen-bond acceptors (Lipinski definition) is 8. The number of amides is 3. The number of rotatable bonds is 3. The Balaban J connectivity index is 1.56. The van der Waals surface area contributed by atoms with Crippen molar-refractivity contribution in [2.24, 2.45) is 0 Å². The molecular weight excluding hydrogens is 470 g/mol. The van der Waals surface area contributed by atoms with E-state index in [9.17, 15) is 28.8 Å². The number of H-pyrrole nitrogens is 2. The summed E-state index contributed by atoms with van der Waals surface area (Å²) in [5, 5.41) is 5.24. The molecule has 1 unspecified atom stereocenters. The van der Waals surface area contributed by atoms with Crippen LogP contribution in [0.15, 0.2) is 38.6 Å². The van der Waals surface area contributed by atoms with Crippen molar-refractivity contribution in [3.05, 3.63) is 72.5 Å². The first-order chi connectivity index (χ1) is 17.1. The zero-order chi connectivity index (χ0) is 25.7. The molecule has 36 heavy (non-hydrogen) atoms. The molecule has 5 rings (SSSR count). The van der Waals surface area contributed by atoms with Crippen molar-refractivity contribution in [3.63, 3.8) is 0 Å². The summed E-state index contributed by atoms with van der Waals surface area (Å²) < 4.78 is 1.25. The van der Waals surface area contributed by atoms with Gasteiger partial charge in [-0.1, -0.05) is 6.07 Å². The first kappa shape index (κ1) is 22.8. The average Bonchev–Trinajstić information content (AvgIpc) is 2.80. The van der Waals surface area contributed by atoms with Crippen LogP contribution in [0.4, 0.5) is 5.69 Å². The molecule has 0 radical (unpaired) electrons. The zero-order valence-electron chi connectivity index (χ0n) is 19.1. The van der Waals surface area contributed by atoms with Crippen LogP contribution in [-0.4, -0.2) is 42.2 Å². The Kier molecular flexibility index (Phi) is 5.31. The molecule has 13 heteroatoms. The number of imide groups is 1. The van der Waals surface area contributed by atoms with Crippen molar-refractivity contribution in [2.75, 3.05) is 5.32 Å². The highest BCUT2D eigenvalue weighted by molar-refractivity contribution is 6.08. The number of pyridine rings is 1. The van der Waals surface area contributed by atoms with Crippen LogP contribution >= 0.6 is 0 Å². The van der Waals surface area contributed by atoms with Gasteiger partial charge in [0.2, 0.25) is 11.8 Å². The van der Waals surface area contributed by atoms with E-state index in [4.69, 9.17) is 0 Å². The molecule has 1 saturated heterocycles. The summed E-state index contributed by atoms with van der Waals surface area (Å²) in [6.45, 7) is 3.17. The van der Waals surface area contributed by atoms with Crippen LogP contribution < -0.4 is 27.4 Å². The standard InChI is InChI=1S/C23H19N7O6/c1-9-8-13(25-18-16(9)21(34)29-23(36)28-18)19(32)26-12-5-3-4-11-17(12)24-10(2)30(22(11)35)14-6-7-15(31)27-20(14)33/h3-5,8,14H,6-7H2,1-2H3,(H,26,32)(H,27,31,33)(H2,25,28,29,34,36). The molecule has 4 N–H and O–H groups in total. The molecule has 1 aliphatic heterocycles. The van der Waals surface area contributed by atoms with Gasteiger partial charge in [-0.3, -0.25) is 43.8 Å². The number of aryl methyl sites for hydroxylation is 2. The van der Waals surface area contributed by atoms with Crippen LogP contribution in [-0.2, 0) is 9.59 Å². The lowest BCUT2D eigenvalue weighted by molar-refractivity contribution is -0.135. The number of nitrogens with zero attached hydrogens (tertiary/aromatic N) is 3. The molecule has 13 nitrogen and oxygen atoms in total. The van der Waals surface area contributed by atoms with Crippen molar-refractivity contribution in [1.82, 2.24) is 29.8 Å². The fourth-order valence-corrected chi connectivity index (χ4v) is 4.38. The maximum absolute atomic E-state index is 13.3. The first-order valence-corrected chi connectivity index (χ1v) is 10.9. The van der Waals surface area contributed by atoms with E-state index in [1.807, 2.05) is 0 Å². The van der Waals surface area contributed by atoms with Crippen molar-refractivity contribution >= 4 is 45.3 Å². The number of para-hydroxylation sites is 1. The van der Waals surface area contributed by atoms with Gasteiger partial charge >= 0.3 is 5.69 Å². The normalized spacial score (nSPS) is 15.8. The molecule has 0 aliphatic carbocycles. The van der Waals surface area contributed by atoms with E-state index in [2.05, 4.69) is 30.6 Å². The van der Waals surface area contributed by atoms with E-state index in [1.165, 1.54) is 16.7 Å². The van der Waals surface area contributed by atoms with Crippen LogP contribution in [0.25, 0.3) is 21.9 Å². The number of nitrogens with one attached hydrogen (secondary N) is 4. The third-order valence-corrected chi connectivity index (χ3v) is 6.01. The molecule has 0 spiro atoms. The van der Waals surface area contributed by atoms with Gasteiger partial charge < -0.3 is 5.32 Å². The van der Waals surface area contributed by atoms with E-state index in [0.717, 1.165) is 0 Å². The summed E-state index contributed by atoms with van der Waals surface area (Å²) in [6, 6.07) is 5.17. The van der Waals surface area contributed by atoms with Crippen molar-refractivity contribution in [3.8, 4) is 0 Å². The Morgan fingerprint density at radius 1 is 1.08 bits per heavy atom. The maximum atomic E-state index is 13.3. The maximum Gasteiger partial charge on any atom is 0.327 e. The Bertz CT molecular complexity index is 1800. The van der Waals surface area contributed by atoms with Crippen molar-refractivity contribution < 1.29 is 14.4 Å². The Hall–Kier alpha value is -4.94. The van der Waals surface area contributed by atoms with E-state index in [1.54, 1.807) is 26.0 Å². The van der Waals surface area contributed by atoms with Crippen LogP contribution in [0.5, 0.6) is 0 Å². The monoisotopic (exact) mass is 489 g/mol. The van der Waals surface area contributed by atoms with Crippen molar-refractivity contribution in [2.45, 2.75) is 32.7 Å². The molecular formula is C23H19N7O6. The van der Waals surface area contributed by atoms with Gasteiger partial charge in [0.1, 0.15) is 28.7 Å². The number of hydrogen-bond donors (Lipinski definition) is 4. The highest BCUT2D eigenvalue weighted by atomic mass is 16.2. The highest BCUT2D eigenvalue weighted by Crippen LogP contribution is 2.24. The van der Waals surface area contributed by atoms with Crippen LogP contribution in [0.2, 0.25) is 0 Å². The summed E-state index contributed by atoms with van der Waals surface area (Å²) in [4.78, 5) is 87.0. The van der Waals surface area contributed by atoms with Gasteiger partial charge in [0.15, 0.2) is 0 Å². The highest BCUT2D eigenvalue weighted by Gasteiger charge is 2.30. The van der Waals surface area contributed by atoms with Gasteiger partial charge in [0, 0.05) is 6.42 Å². The summed E-state index contributed by atoms with van der Waals surface area (Å²) in [6.07, 6.45) is 0.276. The number of aromatic amines is 2. The fraction of sp³-hybridized carbons (Fsp3) is 0.217. The zero-order valence-corrected chi connectivity index (χ0v) is 19.1. The summed E-state index contributed by atoms with van der Waals surface area (Å²) in [7, 11) is 0. The minimum absolute atomic E-state index is 0.0343. The number of benzene rings is 1. The average molecular weight is 489 g/mol. The molecule has 1 atom stereocenters. The topological polar surface area (TPSA) is 189 Å². The smallest absolute Gasteiger partial charge is 0.319 e. The molecule has 3 amide bonds. The van der Waals surface area contributed by atoms with Gasteiger partial charge in [0.25, 0.3) is 17.0 Å². The van der Waals surface area contributed by atoms with E-state index in [-0.39, 0.29) is 52.0 Å². The number of aromatic nitrogens is 5. The third-order valence-electron chi connectivity index (χ3n) is 6.01. The molecule has 1 aliphatic rings. The molecule has 0 bridgehead atoms. The van der Waals surface area contributed by atoms with Gasteiger partial charge in [-0.15, -0.1) is 0 Å². The molecule has 1 fully saturated rings. The minimum Gasteiger partial charge on any atom is -0.319 e. The first-order valence-electron chi connectivity index (χ1n) is 10.9. The number of fused-ring (bicyclic) bond motifs is 2. The fourth-order valence-electron chi connectivity index (χ4n) is 4.38.